The first-order valence-electron chi connectivity index (χ1n) is 18.6. The molecule has 1 aromatic heterocycles. The summed E-state index contributed by atoms with van der Waals surface area (Å²) in [6, 6.07) is 66.3. The van der Waals surface area contributed by atoms with Gasteiger partial charge in [-0.1, -0.05) is 158 Å². The van der Waals surface area contributed by atoms with E-state index in [1.807, 2.05) is 6.07 Å². The fourth-order valence-electron chi connectivity index (χ4n) is 9.15. The first-order valence-corrected chi connectivity index (χ1v) is 18.6. The molecule has 0 aliphatic rings. The van der Waals surface area contributed by atoms with E-state index < -0.39 is 0 Å². The highest BCUT2D eigenvalue weighted by atomic mass is 14.9. The van der Waals surface area contributed by atoms with E-state index in [0.717, 1.165) is 28.1 Å². The zero-order valence-corrected chi connectivity index (χ0v) is 29.2. The van der Waals surface area contributed by atoms with Crippen molar-refractivity contribution in [3.8, 4) is 33.9 Å². The molecule has 0 fully saturated rings. The molecule has 0 bridgehead atoms. The highest BCUT2D eigenvalue weighted by molar-refractivity contribution is 6.37. The molecule has 2 heteroatoms. The Morgan fingerprint density at radius 2 is 0.759 bits per heavy atom. The molecule has 0 aliphatic heterocycles. The average molecular weight is 683 g/mol. The number of hydrogen-bond donors (Lipinski definition) is 0. The second-order valence-corrected chi connectivity index (χ2v) is 14.5. The fourth-order valence-corrected chi connectivity index (χ4v) is 9.15. The molecule has 0 spiro atoms. The van der Waals surface area contributed by atoms with Crippen LogP contribution < -0.4 is 0 Å². The van der Waals surface area contributed by atoms with Gasteiger partial charge in [-0.2, -0.15) is 0 Å². The molecule has 248 valence electrons. The zero-order valence-electron chi connectivity index (χ0n) is 29.2. The molecule has 0 amide bonds. The molecule has 0 N–H and O–H groups in total. The number of rotatable bonds is 3. The molecule has 0 aliphatic carbocycles. The number of aromatic nitrogens is 2. The van der Waals surface area contributed by atoms with Crippen LogP contribution in [0.25, 0.3) is 120 Å². The van der Waals surface area contributed by atoms with Crippen LogP contribution in [0.5, 0.6) is 0 Å². The van der Waals surface area contributed by atoms with Gasteiger partial charge in [0.15, 0.2) is 5.82 Å². The number of nitrogens with zero attached hydrogens (tertiary/aromatic N) is 2. The number of fused-ring (bicyclic) bond motifs is 5. The van der Waals surface area contributed by atoms with Crippen molar-refractivity contribution in [3.05, 3.63) is 182 Å². The topological polar surface area (TPSA) is 25.8 Å². The van der Waals surface area contributed by atoms with Gasteiger partial charge in [0, 0.05) is 16.7 Å². The Kier molecular flexibility index (Phi) is 6.09. The molecule has 54 heavy (non-hydrogen) atoms. The first kappa shape index (κ1) is 29.4. The maximum atomic E-state index is 5.36. The second-order valence-electron chi connectivity index (χ2n) is 14.5. The Balaban J connectivity index is 1.23. The smallest absolute Gasteiger partial charge is 0.160 e. The van der Waals surface area contributed by atoms with Crippen molar-refractivity contribution >= 4 is 86.2 Å². The quantitative estimate of drug-likeness (QED) is 0.173. The molecule has 12 rings (SSSR count). The fraction of sp³-hybridized carbons (Fsp3) is 0. The highest BCUT2D eigenvalue weighted by Gasteiger charge is 2.19. The van der Waals surface area contributed by atoms with E-state index in [0.29, 0.717) is 5.82 Å². The molecule has 0 atom stereocenters. The predicted octanol–water partition coefficient (Wildman–Crippen LogP) is 14.1. The lowest BCUT2D eigenvalue weighted by Gasteiger charge is -2.17. The van der Waals surface area contributed by atoms with Crippen LogP contribution in [0, 0.1) is 0 Å². The number of hydrogen-bond acceptors (Lipinski definition) is 2. The van der Waals surface area contributed by atoms with Crippen LogP contribution in [0.15, 0.2) is 182 Å². The van der Waals surface area contributed by atoms with Crippen molar-refractivity contribution in [1.29, 1.82) is 0 Å². The average Bonchev–Trinajstić information content (AvgIpc) is 3.24. The molecule has 0 saturated carbocycles. The van der Waals surface area contributed by atoms with E-state index in [4.69, 9.17) is 9.97 Å². The minimum Gasteiger partial charge on any atom is -0.228 e. The maximum Gasteiger partial charge on any atom is 0.160 e. The van der Waals surface area contributed by atoms with Gasteiger partial charge in [-0.3, -0.25) is 0 Å². The lowest BCUT2D eigenvalue weighted by atomic mass is 9.87. The molecule has 0 saturated heterocycles. The summed E-state index contributed by atoms with van der Waals surface area (Å²) < 4.78 is 0. The van der Waals surface area contributed by atoms with Crippen LogP contribution in [0.4, 0.5) is 0 Å². The highest BCUT2D eigenvalue weighted by Crippen LogP contribution is 2.45. The van der Waals surface area contributed by atoms with Crippen molar-refractivity contribution < 1.29 is 0 Å². The normalized spacial score (nSPS) is 12.1. The van der Waals surface area contributed by atoms with Gasteiger partial charge in [0.1, 0.15) is 0 Å². The van der Waals surface area contributed by atoms with Crippen molar-refractivity contribution in [2.24, 2.45) is 0 Å². The summed E-state index contributed by atoms with van der Waals surface area (Å²) in [5, 5.41) is 20.0. The maximum absolute atomic E-state index is 5.36. The summed E-state index contributed by atoms with van der Waals surface area (Å²) in [5.74, 6) is 0.713. The largest absolute Gasteiger partial charge is 0.228 e. The van der Waals surface area contributed by atoms with Gasteiger partial charge in [-0.05, 0) is 110 Å². The van der Waals surface area contributed by atoms with E-state index in [1.165, 1.54) is 86.2 Å². The van der Waals surface area contributed by atoms with Gasteiger partial charge in [0.05, 0.1) is 11.4 Å². The SMILES string of the molecule is c1ccc(-c2nc(-c3cc4ccc5cccc6c7cccc8ccc9cccc(c(c3)c4c56)c9c87)cc(-c3cc4ccccc4c4ccccc34)n2)cc1. The molecule has 1 heterocycles. The van der Waals surface area contributed by atoms with Gasteiger partial charge in [0.2, 0.25) is 0 Å². The Morgan fingerprint density at radius 1 is 0.259 bits per heavy atom. The van der Waals surface area contributed by atoms with E-state index in [-0.39, 0.29) is 0 Å². The molecule has 0 unspecified atom stereocenters. The predicted molar refractivity (Wildman–Crippen MR) is 230 cm³/mol. The van der Waals surface area contributed by atoms with E-state index >= 15 is 0 Å². The summed E-state index contributed by atoms with van der Waals surface area (Å²) in [4.78, 5) is 10.7. The second kappa shape index (κ2) is 11.2. The number of benzene rings is 10. The van der Waals surface area contributed by atoms with Gasteiger partial charge >= 0.3 is 0 Å². The molecule has 0 radical (unpaired) electrons. The third-order valence-electron chi connectivity index (χ3n) is 11.5. The van der Waals surface area contributed by atoms with Crippen LogP contribution in [-0.2, 0) is 0 Å². The van der Waals surface area contributed by atoms with Crippen LogP contribution >= 0.6 is 0 Å². The Hall–Kier alpha value is -7.16. The third kappa shape index (κ3) is 4.22. The van der Waals surface area contributed by atoms with E-state index in [1.54, 1.807) is 0 Å². The molecule has 11 aromatic carbocycles. The van der Waals surface area contributed by atoms with E-state index in [2.05, 4.69) is 176 Å². The van der Waals surface area contributed by atoms with Gasteiger partial charge in [-0.15, -0.1) is 0 Å². The molecular formula is C52H30N2. The molecular weight excluding hydrogens is 653 g/mol. The molecule has 12 aromatic rings. The Labute approximate surface area is 310 Å². The Bertz CT molecular complexity index is 3490. The van der Waals surface area contributed by atoms with Gasteiger partial charge in [-0.25, -0.2) is 9.97 Å². The van der Waals surface area contributed by atoms with Crippen molar-refractivity contribution in [2.75, 3.05) is 0 Å². The van der Waals surface area contributed by atoms with Gasteiger partial charge in [0.25, 0.3) is 0 Å². The molecule has 2 nitrogen and oxygen atoms in total. The summed E-state index contributed by atoms with van der Waals surface area (Å²) in [6.45, 7) is 0. The summed E-state index contributed by atoms with van der Waals surface area (Å²) >= 11 is 0. The van der Waals surface area contributed by atoms with Crippen molar-refractivity contribution in [3.63, 3.8) is 0 Å². The Morgan fingerprint density at radius 3 is 1.44 bits per heavy atom. The third-order valence-corrected chi connectivity index (χ3v) is 11.5. The van der Waals surface area contributed by atoms with Crippen LogP contribution in [0.2, 0.25) is 0 Å². The monoisotopic (exact) mass is 682 g/mol. The lowest BCUT2D eigenvalue weighted by Crippen LogP contribution is -1.97. The van der Waals surface area contributed by atoms with Crippen LogP contribution in [-0.4, -0.2) is 9.97 Å². The van der Waals surface area contributed by atoms with Crippen LogP contribution in [0.1, 0.15) is 0 Å². The van der Waals surface area contributed by atoms with Gasteiger partial charge < -0.3 is 0 Å². The summed E-state index contributed by atoms with van der Waals surface area (Å²) in [5.41, 5.74) is 4.97. The standard InChI is InChI=1S/C52H30N2/c1-2-11-34(12-3-1)52-53-46(30-47(54-52)44-28-35-13-4-5-17-38(35)39-18-6-7-19-40(39)44)37-27-36-26-25-33-15-9-21-42-41-20-8-14-31-23-24-32-16-10-22-43(50(32)48(31)41)45(29-37)51(36)49(33)42/h1-30H. The summed E-state index contributed by atoms with van der Waals surface area (Å²) in [6.07, 6.45) is 0. The summed E-state index contributed by atoms with van der Waals surface area (Å²) in [7, 11) is 0. The van der Waals surface area contributed by atoms with Crippen LogP contribution in [0.3, 0.4) is 0 Å². The van der Waals surface area contributed by atoms with Crippen molar-refractivity contribution in [2.45, 2.75) is 0 Å². The van der Waals surface area contributed by atoms with Crippen molar-refractivity contribution in [1.82, 2.24) is 9.97 Å². The lowest BCUT2D eigenvalue weighted by molar-refractivity contribution is 1.19. The minimum atomic E-state index is 0.713. The minimum absolute atomic E-state index is 0.713. The first-order chi connectivity index (χ1) is 26.8. The zero-order chi connectivity index (χ0) is 35.3. The van der Waals surface area contributed by atoms with E-state index in [9.17, 15) is 0 Å².